The van der Waals surface area contributed by atoms with E-state index in [-0.39, 0.29) is 5.56 Å². The molecule has 0 spiro atoms. The van der Waals surface area contributed by atoms with Crippen LogP contribution < -0.4 is 4.74 Å². The van der Waals surface area contributed by atoms with Crippen LogP contribution in [0.15, 0.2) is 24.3 Å². The lowest BCUT2D eigenvalue weighted by Gasteiger charge is -2.22. The fraction of sp³-hybridized carbons (Fsp3) is 0.300. The van der Waals surface area contributed by atoms with Crippen molar-refractivity contribution in [2.45, 2.75) is 18.8 Å². The van der Waals surface area contributed by atoms with Crippen molar-refractivity contribution in [1.29, 1.82) is 0 Å². The molecule has 0 saturated carbocycles. The van der Waals surface area contributed by atoms with E-state index in [1.54, 1.807) is 0 Å². The van der Waals surface area contributed by atoms with Crippen molar-refractivity contribution in [3.63, 3.8) is 0 Å². The van der Waals surface area contributed by atoms with Crippen LogP contribution in [-0.2, 0) is 4.74 Å². The predicted octanol–water partition coefficient (Wildman–Crippen LogP) is 3.19. The van der Waals surface area contributed by atoms with E-state index in [0.29, 0.717) is 0 Å². The first kappa shape index (κ1) is 16.1. The number of carboxylic acid groups (broad SMARTS) is 1. The molecule has 0 aliphatic heterocycles. The molecule has 0 radical (unpaired) electrons. The van der Waals surface area contributed by atoms with Gasteiger partial charge >= 0.3 is 24.8 Å². The molecule has 4 nitrogen and oxygen atoms in total. The zero-order valence-electron chi connectivity index (χ0n) is 9.33. The second kappa shape index (κ2) is 5.57. The van der Waals surface area contributed by atoms with Gasteiger partial charge in [0.1, 0.15) is 5.75 Å². The normalized spacial score (nSPS) is 13.9. The summed E-state index contributed by atoms with van der Waals surface area (Å²) in [5, 5.41) is 8.53. The number of aromatic carboxylic acids is 1. The van der Waals surface area contributed by atoms with Gasteiger partial charge in [-0.05, 0) is 24.3 Å². The standard InChI is InChI=1S/C10H6F6O4/c11-8(20-10(14,15)16)9(12,13)19-6-3-1-5(2-4-6)7(17)18/h1-4,8H,(H,17,18)/t8-/m1/s1. The summed E-state index contributed by atoms with van der Waals surface area (Å²) < 4.78 is 79.6. The molecule has 0 heterocycles. The van der Waals surface area contributed by atoms with Crippen LogP contribution in [0.1, 0.15) is 10.4 Å². The number of carbonyl (C=O) groups is 1. The first-order valence-corrected chi connectivity index (χ1v) is 4.80. The third kappa shape index (κ3) is 4.61. The van der Waals surface area contributed by atoms with E-state index in [9.17, 15) is 31.1 Å². The van der Waals surface area contributed by atoms with Gasteiger partial charge in [-0.3, -0.25) is 0 Å². The lowest BCUT2D eigenvalue weighted by atomic mass is 10.2. The Bertz CT molecular complexity index is 470. The number of rotatable bonds is 5. The summed E-state index contributed by atoms with van der Waals surface area (Å²) >= 11 is 0. The molecule has 1 aromatic rings. The molecule has 0 unspecified atom stereocenters. The SMILES string of the molecule is O=C(O)c1ccc(OC(F)(F)[C@H](F)OC(F)(F)F)cc1. The van der Waals surface area contributed by atoms with Crippen molar-refractivity contribution in [3.8, 4) is 5.75 Å². The summed E-state index contributed by atoms with van der Waals surface area (Å²) in [6.45, 7) is 0. The van der Waals surface area contributed by atoms with Crippen LogP contribution in [0.4, 0.5) is 26.3 Å². The zero-order valence-corrected chi connectivity index (χ0v) is 9.33. The Labute approximate surface area is 107 Å². The second-order valence-electron chi connectivity index (χ2n) is 3.37. The minimum absolute atomic E-state index is 0.274. The van der Waals surface area contributed by atoms with Crippen LogP contribution >= 0.6 is 0 Å². The van der Waals surface area contributed by atoms with Gasteiger partial charge in [0.2, 0.25) is 0 Å². The van der Waals surface area contributed by atoms with E-state index in [2.05, 4.69) is 9.47 Å². The highest BCUT2D eigenvalue weighted by atomic mass is 19.4. The van der Waals surface area contributed by atoms with E-state index in [1.165, 1.54) is 0 Å². The molecule has 1 N–H and O–H groups in total. The Balaban J connectivity index is 2.77. The molecule has 0 fully saturated rings. The largest absolute Gasteiger partial charge is 0.525 e. The Morgan fingerprint density at radius 2 is 1.60 bits per heavy atom. The Hall–Kier alpha value is -1.97. The zero-order chi connectivity index (χ0) is 15.6. The first-order valence-electron chi connectivity index (χ1n) is 4.80. The van der Waals surface area contributed by atoms with Gasteiger partial charge in [-0.1, -0.05) is 0 Å². The second-order valence-corrected chi connectivity index (χ2v) is 3.37. The third-order valence-corrected chi connectivity index (χ3v) is 1.86. The minimum atomic E-state index is -5.60. The number of halogens is 6. The molecule has 0 aromatic heterocycles. The Morgan fingerprint density at radius 3 is 2.00 bits per heavy atom. The average Bonchev–Trinajstić information content (AvgIpc) is 2.26. The van der Waals surface area contributed by atoms with Gasteiger partial charge in [0.25, 0.3) is 0 Å². The molecule has 1 aromatic carbocycles. The maximum atomic E-state index is 13.0. The highest BCUT2D eigenvalue weighted by molar-refractivity contribution is 5.87. The predicted molar refractivity (Wildman–Crippen MR) is 51.0 cm³/mol. The van der Waals surface area contributed by atoms with Crippen LogP contribution in [0.25, 0.3) is 0 Å². The molecule has 0 aliphatic rings. The quantitative estimate of drug-likeness (QED) is 0.849. The number of hydrogen-bond acceptors (Lipinski definition) is 3. The molecule has 0 saturated heterocycles. The van der Waals surface area contributed by atoms with Crippen molar-refractivity contribution in [1.82, 2.24) is 0 Å². The van der Waals surface area contributed by atoms with Crippen molar-refractivity contribution in [2.75, 3.05) is 0 Å². The number of alkyl halides is 6. The minimum Gasteiger partial charge on any atom is -0.478 e. The smallest absolute Gasteiger partial charge is 0.478 e. The maximum Gasteiger partial charge on any atom is 0.525 e. The van der Waals surface area contributed by atoms with Crippen molar-refractivity contribution in [2.24, 2.45) is 0 Å². The fourth-order valence-electron chi connectivity index (χ4n) is 1.05. The third-order valence-electron chi connectivity index (χ3n) is 1.86. The molecule has 0 amide bonds. The molecule has 20 heavy (non-hydrogen) atoms. The molecule has 0 aliphatic carbocycles. The van der Waals surface area contributed by atoms with E-state index in [4.69, 9.17) is 5.11 Å². The van der Waals surface area contributed by atoms with E-state index >= 15 is 0 Å². The van der Waals surface area contributed by atoms with Gasteiger partial charge in [-0.25, -0.2) is 13.9 Å². The van der Waals surface area contributed by atoms with Crippen LogP contribution in [0.3, 0.4) is 0 Å². The highest BCUT2D eigenvalue weighted by Gasteiger charge is 2.50. The van der Waals surface area contributed by atoms with Gasteiger partial charge in [-0.2, -0.15) is 8.78 Å². The van der Waals surface area contributed by atoms with Crippen LogP contribution in [-0.4, -0.2) is 29.9 Å². The first-order chi connectivity index (χ1) is 9.01. The van der Waals surface area contributed by atoms with Gasteiger partial charge in [0.05, 0.1) is 5.56 Å². The van der Waals surface area contributed by atoms with E-state index in [1.807, 2.05) is 0 Å². The molecule has 112 valence electrons. The van der Waals surface area contributed by atoms with Crippen molar-refractivity contribution in [3.05, 3.63) is 29.8 Å². The van der Waals surface area contributed by atoms with E-state index in [0.717, 1.165) is 24.3 Å². The number of carboxylic acids is 1. The van der Waals surface area contributed by atoms with Gasteiger partial charge < -0.3 is 9.84 Å². The maximum absolute atomic E-state index is 13.0. The Morgan fingerprint density at radius 1 is 1.10 bits per heavy atom. The summed E-state index contributed by atoms with van der Waals surface area (Å²) in [6, 6.07) is 3.17. The van der Waals surface area contributed by atoms with Crippen LogP contribution in [0, 0.1) is 0 Å². The lowest BCUT2D eigenvalue weighted by Crippen LogP contribution is -2.41. The Kier molecular flexibility index (Phi) is 4.48. The summed E-state index contributed by atoms with van der Waals surface area (Å²) in [5.41, 5.74) is -0.274. The molecular formula is C10H6F6O4. The molecule has 1 rings (SSSR count). The summed E-state index contributed by atoms with van der Waals surface area (Å²) in [5.74, 6) is -2.08. The van der Waals surface area contributed by atoms with Gasteiger partial charge in [0, 0.05) is 0 Å². The molecule has 0 bridgehead atoms. The molecular weight excluding hydrogens is 298 g/mol. The fourth-order valence-corrected chi connectivity index (χ4v) is 1.05. The molecule has 10 heteroatoms. The summed E-state index contributed by atoms with van der Waals surface area (Å²) in [4.78, 5) is 10.5. The monoisotopic (exact) mass is 304 g/mol. The number of benzene rings is 1. The summed E-state index contributed by atoms with van der Waals surface area (Å²) in [6.07, 6.45) is -14.6. The van der Waals surface area contributed by atoms with Gasteiger partial charge in [0.15, 0.2) is 0 Å². The van der Waals surface area contributed by atoms with Gasteiger partial charge in [-0.15, -0.1) is 13.2 Å². The van der Waals surface area contributed by atoms with Crippen molar-refractivity contribution < 1.29 is 45.7 Å². The highest BCUT2D eigenvalue weighted by Crippen LogP contribution is 2.31. The average molecular weight is 304 g/mol. The van der Waals surface area contributed by atoms with Crippen LogP contribution in [0.5, 0.6) is 5.75 Å². The lowest BCUT2D eigenvalue weighted by molar-refractivity contribution is -0.411. The van der Waals surface area contributed by atoms with Crippen molar-refractivity contribution >= 4 is 5.97 Å². The number of ether oxygens (including phenoxy) is 2. The van der Waals surface area contributed by atoms with Crippen LogP contribution in [0.2, 0.25) is 0 Å². The summed E-state index contributed by atoms with van der Waals surface area (Å²) in [7, 11) is 0. The van der Waals surface area contributed by atoms with E-state index < -0.39 is 30.5 Å². The molecule has 1 atom stereocenters. The topological polar surface area (TPSA) is 55.8 Å². The number of hydrogen-bond donors (Lipinski definition) is 1.